The second kappa shape index (κ2) is 5.58. The van der Waals surface area contributed by atoms with Gasteiger partial charge in [0.05, 0.1) is 5.56 Å². The summed E-state index contributed by atoms with van der Waals surface area (Å²) in [7, 11) is 0. The van der Waals surface area contributed by atoms with E-state index in [1.807, 2.05) is 6.92 Å². The Balaban J connectivity index is 3.20. The van der Waals surface area contributed by atoms with E-state index in [0.29, 0.717) is 6.42 Å². The molecule has 0 aliphatic heterocycles. The van der Waals surface area contributed by atoms with Crippen molar-refractivity contribution in [3.8, 4) is 5.75 Å². The molecule has 0 saturated carbocycles. The number of hydrogen-bond donors (Lipinski definition) is 0. The Morgan fingerprint density at radius 1 is 1.38 bits per heavy atom. The highest BCUT2D eigenvalue weighted by molar-refractivity contribution is 5.99. The van der Waals surface area contributed by atoms with Crippen LogP contribution >= 0.6 is 0 Å². The van der Waals surface area contributed by atoms with Gasteiger partial charge in [-0.3, -0.25) is 4.79 Å². The minimum atomic E-state index is -2.91. The van der Waals surface area contributed by atoms with Gasteiger partial charge >= 0.3 is 6.61 Å². The van der Waals surface area contributed by atoms with Gasteiger partial charge in [-0.2, -0.15) is 8.78 Å². The molecule has 0 aliphatic carbocycles. The molecule has 88 valence electrons. The molecule has 0 bridgehead atoms. The Morgan fingerprint density at radius 3 is 2.56 bits per heavy atom. The number of rotatable bonds is 5. The number of benzene rings is 1. The van der Waals surface area contributed by atoms with Crippen molar-refractivity contribution in [2.45, 2.75) is 33.3 Å². The predicted molar refractivity (Wildman–Crippen MR) is 57.1 cm³/mol. The third kappa shape index (κ3) is 2.78. The summed E-state index contributed by atoms with van der Waals surface area (Å²) in [6.07, 6.45) is 0.887. The molecule has 0 atom stereocenters. The number of ether oxygens (including phenoxy) is 1. The highest BCUT2D eigenvalue weighted by atomic mass is 19.3. The summed E-state index contributed by atoms with van der Waals surface area (Å²) in [5, 5.41) is 0. The topological polar surface area (TPSA) is 26.3 Å². The van der Waals surface area contributed by atoms with E-state index in [2.05, 4.69) is 4.74 Å². The summed E-state index contributed by atoms with van der Waals surface area (Å²) < 4.78 is 28.7. The average Bonchev–Trinajstić information content (AvgIpc) is 2.27. The number of aryl methyl sites for hydroxylation is 1. The lowest BCUT2D eigenvalue weighted by molar-refractivity contribution is -0.0501. The maximum atomic E-state index is 12.2. The highest BCUT2D eigenvalue weighted by Crippen LogP contribution is 2.26. The molecule has 0 amide bonds. The second-order valence-corrected chi connectivity index (χ2v) is 3.30. The lowest BCUT2D eigenvalue weighted by Crippen LogP contribution is -2.10. The Bertz CT molecular complexity index is 375. The molecule has 0 aliphatic rings. The molecule has 0 N–H and O–H groups in total. The third-order valence-corrected chi connectivity index (χ3v) is 2.31. The number of Topliss-reactive ketones (excluding diaryl/α,β-unsaturated/α-hetero) is 1. The molecule has 0 saturated heterocycles. The first-order valence-electron chi connectivity index (χ1n) is 5.20. The van der Waals surface area contributed by atoms with Gasteiger partial charge in [-0.1, -0.05) is 26.0 Å². The van der Waals surface area contributed by atoms with E-state index in [9.17, 15) is 13.6 Å². The van der Waals surface area contributed by atoms with Crippen molar-refractivity contribution in [2.24, 2.45) is 0 Å². The van der Waals surface area contributed by atoms with Crippen molar-refractivity contribution >= 4 is 5.78 Å². The van der Waals surface area contributed by atoms with Crippen molar-refractivity contribution in [2.75, 3.05) is 0 Å². The van der Waals surface area contributed by atoms with Gasteiger partial charge < -0.3 is 4.74 Å². The van der Waals surface area contributed by atoms with Crippen LogP contribution in [-0.2, 0) is 6.42 Å². The van der Waals surface area contributed by atoms with E-state index < -0.39 is 6.61 Å². The normalized spacial score (nSPS) is 10.6. The summed E-state index contributed by atoms with van der Waals surface area (Å²) in [4.78, 5) is 11.7. The van der Waals surface area contributed by atoms with E-state index in [1.165, 1.54) is 6.07 Å². The summed E-state index contributed by atoms with van der Waals surface area (Å²) in [5.74, 6) is -0.200. The van der Waals surface area contributed by atoms with Crippen LogP contribution in [0.1, 0.15) is 36.2 Å². The molecule has 1 aromatic rings. The first-order valence-corrected chi connectivity index (χ1v) is 5.20. The Labute approximate surface area is 93.2 Å². The lowest BCUT2D eigenvalue weighted by atomic mass is 9.99. The predicted octanol–water partition coefficient (Wildman–Crippen LogP) is 3.44. The Hall–Kier alpha value is -1.45. The number of carbonyl (C=O) groups excluding carboxylic acids is 1. The highest BCUT2D eigenvalue weighted by Gasteiger charge is 2.17. The van der Waals surface area contributed by atoms with Crippen LogP contribution in [0.15, 0.2) is 18.2 Å². The maximum Gasteiger partial charge on any atom is 0.387 e. The Kier molecular flexibility index (Phi) is 4.40. The van der Waals surface area contributed by atoms with Gasteiger partial charge in [0.1, 0.15) is 5.75 Å². The van der Waals surface area contributed by atoms with E-state index in [-0.39, 0.29) is 23.5 Å². The van der Waals surface area contributed by atoms with Gasteiger partial charge in [0, 0.05) is 6.42 Å². The molecular weight excluding hydrogens is 214 g/mol. The zero-order valence-corrected chi connectivity index (χ0v) is 9.30. The van der Waals surface area contributed by atoms with E-state index in [1.54, 1.807) is 19.1 Å². The van der Waals surface area contributed by atoms with Gasteiger partial charge in [-0.15, -0.1) is 0 Å². The van der Waals surface area contributed by atoms with Crippen LogP contribution in [0.4, 0.5) is 8.78 Å². The molecule has 0 heterocycles. The molecule has 0 radical (unpaired) electrons. The summed E-state index contributed by atoms with van der Waals surface area (Å²) >= 11 is 0. The lowest BCUT2D eigenvalue weighted by Gasteiger charge is -2.12. The third-order valence-electron chi connectivity index (χ3n) is 2.31. The van der Waals surface area contributed by atoms with Crippen LogP contribution in [0.25, 0.3) is 0 Å². The molecule has 4 heteroatoms. The fourth-order valence-corrected chi connectivity index (χ4v) is 1.56. The van der Waals surface area contributed by atoms with Gasteiger partial charge in [0.15, 0.2) is 5.78 Å². The van der Waals surface area contributed by atoms with Gasteiger partial charge in [0.2, 0.25) is 0 Å². The smallest absolute Gasteiger partial charge is 0.387 e. The number of hydrogen-bond acceptors (Lipinski definition) is 2. The van der Waals surface area contributed by atoms with Crippen molar-refractivity contribution in [3.63, 3.8) is 0 Å². The first kappa shape index (κ1) is 12.6. The number of carbonyl (C=O) groups is 1. The van der Waals surface area contributed by atoms with Crippen molar-refractivity contribution < 1.29 is 18.3 Å². The fourth-order valence-electron chi connectivity index (χ4n) is 1.56. The van der Waals surface area contributed by atoms with Crippen molar-refractivity contribution in [1.82, 2.24) is 0 Å². The summed E-state index contributed by atoms with van der Waals surface area (Å²) in [6.45, 7) is 0.657. The molecule has 16 heavy (non-hydrogen) atoms. The van der Waals surface area contributed by atoms with E-state index >= 15 is 0 Å². The average molecular weight is 228 g/mol. The van der Waals surface area contributed by atoms with Gasteiger partial charge in [-0.05, 0) is 18.1 Å². The monoisotopic (exact) mass is 228 g/mol. The van der Waals surface area contributed by atoms with Crippen LogP contribution in [0.5, 0.6) is 5.75 Å². The summed E-state index contributed by atoms with van der Waals surface area (Å²) in [5.41, 5.74) is 1.03. The molecule has 0 fully saturated rings. The fraction of sp³-hybridized carbons (Fsp3) is 0.417. The zero-order valence-electron chi connectivity index (χ0n) is 9.30. The van der Waals surface area contributed by atoms with Crippen LogP contribution in [0.3, 0.4) is 0 Å². The maximum absolute atomic E-state index is 12.2. The molecule has 2 nitrogen and oxygen atoms in total. The molecule has 0 unspecified atom stereocenters. The zero-order chi connectivity index (χ0) is 12.1. The van der Waals surface area contributed by atoms with Crippen LogP contribution in [0, 0.1) is 0 Å². The van der Waals surface area contributed by atoms with E-state index in [0.717, 1.165) is 5.56 Å². The number of halogens is 2. The van der Waals surface area contributed by atoms with Gasteiger partial charge in [0.25, 0.3) is 0 Å². The van der Waals surface area contributed by atoms with E-state index in [4.69, 9.17) is 0 Å². The van der Waals surface area contributed by atoms with Gasteiger partial charge in [-0.25, -0.2) is 0 Å². The Morgan fingerprint density at radius 2 is 2.06 bits per heavy atom. The quantitative estimate of drug-likeness (QED) is 0.721. The minimum Gasteiger partial charge on any atom is -0.434 e. The van der Waals surface area contributed by atoms with Crippen molar-refractivity contribution in [3.05, 3.63) is 29.3 Å². The van der Waals surface area contributed by atoms with Crippen LogP contribution in [-0.4, -0.2) is 12.4 Å². The SMILES string of the molecule is CCC(=O)c1c(CC)cccc1OC(F)F. The molecule has 1 rings (SSSR count). The molecule has 0 spiro atoms. The molecule has 0 aromatic heterocycles. The van der Waals surface area contributed by atoms with Crippen LogP contribution in [0.2, 0.25) is 0 Å². The first-order chi connectivity index (χ1) is 7.60. The number of ketones is 1. The number of alkyl halides is 2. The summed E-state index contributed by atoms with van der Waals surface area (Å²) in [6, 6.07) is 4.76. The second-order valence-electron chi connectivity index (χ2n) is 3.30. The largest absolute Gasteiger partial charge is 0.434 e. The standard InChI is InChI=1S/C12H14F2O2/c1-3-8-6-5-7-10(16-12(13)14)11(8)9(15)4-2/h5-7,12H,3-4H2,1-2H3. The minimum absolute atomic E-state index is 0.0267. The van der Waals surface area contributed by atoms with Crippen LogP contribution < -0.4 is 4.74 Å². The van der Waals surface area contributed by atoms with Crippen molar-refractivity contribution in [1.29, 1.82) is 0 Å². The molecule has 1 aromatic carbocycles. The molecular formula is C12H14F2O2.